The number of methoxy groups -OCH3 is 2. The average molecular weight is 241 g/mol. The van der Waals surface area contributed by atoms with Gasteiger partial charge in [0.15, 0.2) is 0 Å². The van der Waals surface area contributed by atoms with E-state index in [2.05, 4.69) is 0 Å². The zero-order valence-electron chi connectivity index (χ0n) is 10.2. The Hall–Kier alpha value is -0.870. The molecule has 4 heteroatoms. The molecular weight excluding hydrogens is 222 g/mol. The van der Waals surface area contributed by atoms with Gasteiger partial charge in [-0.15, -0.1) is 11.8 Å². The molecule has 0 heterocycles. The Bertz CT molecular complexity index is 328. The van der Waals surface area contributed by atoms with Gasteiger partial charge >= 0.3 is 0 Å². The Balaban J connectivity index is 3.15. The summed E-state index contributed by atoms with van der Waals surface area (Å²) in [5.41, 5.74) is 6.93. The molecule has 0 aliphatic carbocycles. The molecule has 0 bridgehead atoms. The molecule has 0 saturated carbocycles. The zero-order valence-corrected chi connectivity index (χ0v) is 11.1. The van der Waals surface area contributed by atoms with E-state index in [0.717, 1.165) is 28.4 Å². The molecule has 1 unspecified atom stereocenters. The van der Waals surface area contributed by atoms with E-state index in [1.54, 1.807) is 26.0 Å². The van der Waals surface area contributed by atoms with E-state index in [4.69, 9.17) is 15.2 Å². The molecule has 1 rings (SSSR count). The van der Waals surface area contributed by atoms with Crippen molar-refractivity contribution in [1.82, 2.24) is 0 Å². The van der Waals surface area contributed by atoms with Crippen molar-refractivity contribution in [2.45, 2.75) is 24.3 Å². The molecule has 90 valence electrons. The highest BCUT2D eigenvalue weighted by atomic mass is 32.2. The molecule has 0 fully saturated rings. The summed E-state index contributed by atoms with van der Waals surface area (Å²) in [6.45, 7) is 1.99. The maximum absolute atomic E-state index is 5.79. The smallest absolute Gasteiger partial charge is 0.136 e. The highest BCUT2D eigenvalue weighted by molar-refractivity contribution is 7.98. The van der Waals surface area contributed by atoms with Gasteiger partial charge in [0, 0.05) is 6.04 Å². The van der Waals surface area contributed by atoms with E-state index in [1.807, 2.05) is 25.3 Å². The number of nitrogens with two attached hydrogens (primary N) is 1. The molecule has 3 nitrogen and oxygen atoms in total. The summed E-state index contributed by atoms with van der Waals surface area (Å²) >= 11 is 1.62. The standard InChI is InChI=1S/C12H19NO2S/c1-8(13)5-9-6-10(14-2)12(16-4)11(7-9)15-3/h6-8H,5,13H2,1-4H3. The summed E-state index contributed by atoms with van der Waals surface area (Å²) in [4.78, 5) is 1.03. The van der Waals surface area contributed by atoms with Crippen molar-refractivity contribution in [3.63, 3.8) is 0 Å². The van der Waals surface area contributed by atoms with Crippen LogP contribution in [0.25, 0.3) is 0 Å². The third-order valence-corrected chi connectivity index (χ3v) is 3.09. The van der Waals surface area contributed by atoms with Crippen LogP contribution in [0.3, 0.4) is 0 Å². The third kappa shape index (κ3) is 3.06. The zero-order chi connectivity index (χ0) is 12.1. The number of hydrogen-bond acceptors (Lipinski definition) is 4. The topological polar surface area (TPSA) is 44.5 Å². The molecule has 0 saturated heterocycles. The first-order chi connectivity index (χ1) is 7.62. The molecule has 16 heavy (non-hydrogen) atoms. The van der Waals surface area contributed by atoms with Crippen LogP contribution >= 0.6 is 11.8 Å². The van der Waals surface area contributed by atoms with Crippen molar-refractivity contribution < 1.29 is 9.47 Å². The van der Waals surface area contributed by atoms with Crippen molar-refractivity contribution in [3.8, 4) is 11.5 Å². The van der Waals surface area contributed by atoms with Crippen LogP contribution in [0.2, 0.25) is 0 Å². The highest BCUT2D eigenvalue weighted by Gasteiger charge is 2.12. The molecular formula is C12H19NO2S. The van der Waals surface area contributed by atoms with Crippen LogP contribution < -0.4 is 15.2 Å². The van der Waals surface area contributed by atoms with Gasteiger partial charge in [-0.25, -0.2) is 0 Å². The van der Waals surface area contributed by atoms with E-state index in [1.165, 1.54) is 0 Å². The van der Waals surface area contributed by atoms with Gasteiger partial charge in [-0.1, -0.05) is 0 Å². The number of hydrogen-bond donors (Lipinski definition) is 1. The van der Waals surface area contributed by atoms with E-state index in [-0.39, 0.29) is 6.04 Å². The van der Waals surface area contributed by atoms with Crippen molar-refractivity contribution in [2.75, 3.05) is 20.5 Å². The second-order valence-corrected chi connectivity index (χ2v) is 4.53. The lowest BCUT2D eigenvalue weighted by Crippen LogP contribution is -2.17. The predicted octanol–water partition coefficient (Wildman–Crippen LogP) is 2.32. The van der Waals surface area contributed by atoms with Crippen molar-refractivity contribution in [3.05, 3.63) is 17.7 Å². The molecule has 0 aliphatic rings. The fourth-order valence-corrected chi connectivity index (χ4v) is 2.31. The minimum absolute atomic E-state index is 0.134. The molecule has 0 spiro atoms. The highest BCUT2D eigenvalue weighted by Crippen LogP contribution is 2.37. The monoisotopic (exact) mass is 241 g/mol. The Labute approximate surface area is 101 Å². The maximum Gasteiger partial charge on any atom is 0.136 e. The minimum atomic E-state index is 0.134. The Morgan fingerprint density at radius 2 is 1.75 bits per heavy atom. The summed E-state index contributed by atoms with van der Waals surface area (Å²) in [6.07, 6.45) is 2.83. The Morgan fingerprint density at radius 1 is 1.25 bits per heavy atom. The van der Waals surface area contributed by atoms with Crippen LogP contribution in [0.4, 0.5) is 0 Å². The van der Waals surface area contributed by atoms with Gasteiger partial charge in [-0.3, -0.25) is 0 Å². The van der Waals surface area contributed by atoms with Crippen LogP contribution in [-0.4, -0.2) is 26.5 Å². The summed E-state index contributed by atoms with van der Waals surface area (Å²) < 4.78 is 10.7. The van der Waals surface area contributed by atoms with Crippen molar-refractivity contribution in [2.24, 2.45) is 5.73 Å². The first-order valence-electron chi connectivity index (χ1n) is 5.16. The summed E-state index contributed by atoms with van der Waals surface area (Å²) in [5, 5.41) is 0. The van der Waals surface area contributed by atoms with E-state index in [9.17, 15) is 0 Å². The van der Waals surface area contributed by atoms with Gasteiger partial charge in [0.05, 0.1) is 19.1 Å². The normalized spacial score (nSPS) is 12.3. The fraction of sp³-hybridized carbons (Fsp3) is 0.500. The number of rotatable bonds is 5. The Morgan fingerprint density at radius 3 is 2.06 bits per heavy atom. The van der Waals surface area contributed by atoms with Crippen LogP contribution in [-0.2, 0) is 6.42 Å². The lowest BCUT2D eigenvalue weighted by molar-refractivity contribution is 0.375. The number of ether oxygens (including phenoxy) is 2. The van der Waals surface area contributed by atoms with Gasteiger partial charge in [-0.05, 0) is 37.3 Å². The Kier molecular flexibility index (Phi) is 4.96. The lowest BCUT2D eigenvalue weighted by atomic mass is 10.1. The molecule has 0 aromatic heterocycles. The number of benzene rings is 1. The summed E-state index contributed by atoms with van der Waals surface area (Å²) in [5.74, 6) is 1.70. The predicted molar refractivity (Wildman–Crippen MR) is 68.7 cm³/mol. The molecule has 0 radical (unpaired) electrons. The maximum atomic E-state index is 5.79. The van der Waals surface area contributed by atoms with Gasteiger partial charge in [0.25, 0.3) is 0 Å². The van der Waals surface area contributed by atoms with E-state index < -0.39 is 0 Å². The van der Waals surface area contributed by atoms with Gasteiger partial charge in [-0.2, -0.15) is 0 Å². The van der Waals surface area contributed by atoms with Crippen molar-refractivity contribution in [1.29, 1.82) is 0 Å². The summed E-state index contributed by atoms with van der Waals surface area (Å²) in [6, 6.07) is 4.18. The molecule has 2 N–H and O–H groups in total. The van der Waals surface area contributed by atoms with Crippen molar-refractivity contribution >= 4 is 11.8 Å². The lowest BCUT2D eigenvalue weighted by Gasteiger charge is -2.14. The van der Waals surface area contributed by atoms with Crippen LogP contribution in [0.5, 0.6) is 11.5 Å². The summed E-state index contributed by atoms with van der Waals surface area (Å²) in [7, 11) is 3.34. The first kappa shape index (κ1) is 13.2. The van der Waals surface area contributed by atoms with Crippen LogP contribution in [0, 0.1) is 0 Å². The van der Waals surface area contributed by atoms with Crippen LogP contribution in [0.15, 0.2) is 17.0 Å². The molecule has 0 amide bonds. The minimum Gasteiger partial charge on any atom is -0.495 e. The molecule has 1 aromatic rings. The van der Waals surface area contributed by atoms with E-state index in [0.29, 0.717) is 0 Å². The second-order valence-electron chi connectivity index (χ2n) is 3.71. The largest absolute Gasteiger partial charge is 0.495 e. The average Bonchev–Trinajstić information content (AvgIpc) is 2.26. The van der Waals surface area contributed by atoms with Gasteiger partial charge in [0.1, 0.15) is 11.5 Å². The quantitative estimate of drug-likeness (QED) is 0.804. The van der Waals surface area contributed by atoms with Crippen LogP contribution in [0.1, 0.15) is 12.5 Å². The molecule has 0 aliphatic heterocycles. The SMILES string of the molecule is COc1cc(CC(C)N)cc(OC)c1SC. The number of thioether (sulfide) groups is 1. The van der Waals surface area contributed by atoms with Gasteiger partial charge in [0.2, 0.25) is 0 Å². The fourth-order valence-electron chi connectivity index (χ4n) is 1.63. The second kappa shape index (κ2) is 6.01. The van der Waals surface area contributed by atoms with E-state index >= 15 is 0 Å². The molecule has 1 atom stereocenters. The first-order valence-corrected chi connectivity index (χ1v) is 6.39. The molecule has 1 aromatic carbocycles. The van der Waals surface area contributed by atoms with Gasteiger partial charge < -0.3 is 15.2 Å². The third-order valence-electron chi connectivity index (χ3n) is 2.28.